The van der Waals surface area contributed by atoms with E-state index in [4.69, 9.17) is 0 Å². The number of hydrogen-bond donors (Lipinski definition) is 1. The molecule has 1 rings (SSSR count). The van der Waals surface area contributed by atoms with E-state index in [-0.39, 0.29) is 44.5 Å². The van der Waals surface area contributed by atoms with E-state index in [9.17, 15) is 22.8 Å². The van der Waals surface area contributed by atoms with Crippen molar-refractivity contribution in [3.05, 3.63) is 0 Å². The highest BCUT2D eigenvalue weighted by molar-refractivity contribution is 5.92. The molecule has 0 atom stereocenters. The first-order valence-electron chi connectivity index (χ1n) is 5.07. The van der Waals surface area contributed by atoms with Crippen LogP contribution in [0.15, 0.2) is 0 Å². The molecule has 1 heterocycles. The average Bonchev–Trinajstić information content (AvgIpc) is 2.21. The SMILES string of the molecule is O=C1CN(CCCOCC(F)(F)F)C(=O)CN1. The molecule has 8 heteroatoms. The molecule has 0 radical (unpaired) electrons. The Kier molecular flexibility index (Phi) is 4.73. The molecular weight excluding hydrogens is 241 g/mol. The second-order valence-electron chi connectivity index (χ2n) is 3.61. The van der Waals surface area contributed by atoms with Gasteiger partial charge in [0.15, 0.2) is 0 Å². The zero-order valence-electron chi connectivity index (χ0n) is 9.05. The Hall–Kier alpha value is -1.31. The van der Waals surface area contributed by atoms with Crippen LogP contribution in [0.4, 0.5) is 13.2 Å². The Morgan fingerprint density at radius 3 is 2.71 bits per heavy atom. The molecule has 0 bridgehead atoms. The van der Waals surface area contributed by atoms with Crippen LogP contribution >= 0.6 is 0 Å². The van der Waals surface area contributed by atoms with Crippen molar-refractivity contribution in [2.24, 2.45) is 0 Å². The standard InChI is InChI=1S/C9H13F3N2O3/c10-9(11,12)6-17-3-1-2-14-5-7(15)13-4-8(14)16/h1-6H2,(H,13,15). The number of nitrogens with one attached hydrogen (secondary N) is 1. The lowest BCUT2D eigenvalue weighted by atomic mass is 10.3. The van der Waals surface area contributed by atoms with Gasteiger partial charge in [-0.25, -0.2) is 0 Å². The van der Waals surface area contributed by atoms with Gasteiger partial charge in [-0.1, -0.05) is 0 Å². The van der Waals surface area contributed by atoms with Crippen molar-refractivity contribution in [2.45, 2.75) is 12.6 Å². The van der Waals surface area contributed by atoms with Gasteiger partial charge in [0.25, 0.3) is 0 Å². The van der Waals surface area contributed by atoms with Crippen LogP contribution in [0.3, 0.4) is 0 Å². The van der Waals surface area contributed by atoms with Gasteiger partial charge in [0.05, 0.1) is 13.1 Å². The molecule has 0 spiro atoms. The molecule has 98 valence electrons. The number of amides is 2. The molecule has 0 aromatic heterocycles. The summed E-state index contributed by atoms with van der Waals surface area (Å²) < 4.78 is 39.5. The van der Waals surface area contributed by atoms with Crippen molar-refractivity contribution in [3.63, 3.8) is 0 Å². The number of alkyl halides is 3. The molecule has 1 fully saturated rings. The first-order valence-corrected chi connectivity index (χ1v) is 5.07. The third kappa shape index (κ3) is 5.53. The topological polar surface area (TPSA) is 58.6 Å². The fourth-order valence-corrected chi connectivity index (χ4v) is 1.35. The van der Waals surface area contributed by atoms with E-state index in [1.54, 1.807) is 0 Å². The van der Waals surface area contributed by atoms with E-state index in [0.29, 0.717) is 0 Å². The monoisotopic (exact) mass is 254 g/mol. The number of piperazine rings is 1. The van der Waals surface area contributed by atoms with Crippen molar-refractivity contribution >= 4 is 11.8 Å². The number of carbonyl (C=O) groups is 2. The van der Waals surface area contributed by atoms with Gasteiger partial charge in [-0.15, -0.1) is 0 Å². The second kappa shape index (κ2) is 5.85. The van der Waals surface area contributed by atoms with Gasteiger partial charge in [-0.05, 0) is 6.42 Å². The summed E-state index contributed by atoms with van der Waals surface area (Å²) in [5.74, 6) is -0.499. The molecule has 0 saturated carbocycles. The zero-order chi connectivity index (χ0) is 12.9. The minimum atomic E-state index is -4.33. The van der Waals surface area contributed by atoms with Gasteiger partial charge in [0.2, 0.25) is 11.8 Å². The molecular formula is C9H13F3N2O3. The summed E-state index contributed by atoms with van der Waals surface area (Å²) >= 11 is 0. The quantitative estimate of drug-likeness (QED) is 0.698. The van der Waals surface area contributed by atoms with E-state index < -0.39 is 12.8 Å². The van der Waals surface area contributed by atoms with Crippen LogP contribution in [0.2, 0.25) is 0 Å². The number of ether oxygens (including phenoxy) is 1. The normalized spacial score (nSPS) is 17.2. The second-order valence-corrected chi connectivity index (χ2v) is 3.61. The highest BCUT2D eigenvalue weighted by Crippen LogP contribution is 2.14. The van der Waals surface area contributed by atoms with E-state index >= 15 is 0 Å². The first-order chi connectivity index (χ1) is 7.88. The van der Waals surface area contributed by atoms with Crippen LogP contribution in [0.5, 0.6) is 0 Å². The van der Waals surface area contributed by atoms with Crippen molar-refractivity contribution in [2.75, 3.05) is 32.8 Å². The Bertz CT molecular complexity index is 294. The fourth-order valence-electron chi connectivity index (χ4n) is 1.35. The largest absolute Gasteiger partial charge is 0.411 e. The highest BCUT2D eigenvalue weighted by Gasteiger charge is 2.27. The molecule has 17 heavy (non-hydrogen) atoms. The van der Waals surface area contributed by atoms with Crippen molar-refractivity contribution in [1.82, 2.24) is 10.2 Å². The zero-order valence-corrected chi connectivity index (χ0v) is 9.05. The molecule has 0 aliphatic carbocycles. The summed E-state index contributed by atoms with van der Waals surface area (Å²) in [6, 6.07) is 0. The number of halogens is 3. The van der Waals surface area contributed by atoms with Crippen LogP contribution in [-0.2, 0) is 14.3 Å². The first kappa shape index (κ1) is 13.8. The number of rotatable bonds is 5. The lowest BCUT2D eigenvalue weighted by Crippen LogP contribution is -2.51. The maximum atomic E-state index is 11.7. The summed E-state index contributed by atoms with van der Waals surface area (Å²) in [4.78, 5) is 23.5. The Morgan fingerprint density at radius 1 is 1.35 bits per heavy atom. The lowest BCUT2D eigenvalue weighted by molar-refractivity contribution is -0.174. The summed E-state index contributed by atoms with van der Waals surface area (Å²) in [5.41, 5.74) is 0. The van der Waals surface area contributed by atoms with Gasteiger partial charge in [-0.3, -0.25) is 9.59 Å². The maximum absolute atomic E-state index is 11.7. The molecule has 1 saturated heterocycles. The van der Waals surface area contributed by atoms with Gasteiger partial charge in [-0.2, -0.15) is 13.2 Å². The van der Waals surface area contributed by atoms with Gasteiger partial charge in [0, 0.05) is 13.2 Å². The summed E-state index contributed by atoms with van der Waals surface area (Å²) in [6.07, 6.45) is -4.06. The van der Waals surface area contributed by atoms with E-state index in [0.717, 1.165) is 0 Å². The Balaban J connectivity index is 2.13. The molecule has 1 aliphatic heterocycles. The van der Waals surface area contributed by atoms with Crippen molar-refractivity contribution < 1.29 is 27.5 Å². The average molecular weight is 254 g/mol. The van der Waals surface area contributed by atoms with Crippen molar-refractivity contribution in [3.8, 4) is 0 Å². The molecule has 0 unspecified atom stereocenters. The summed E-state index contributed by atoms with van der Waals surface area (Å²) in [5, 5.41) is 2.37. The minimum Gasteiger partial charge on any atom is -0.372 e. The third-order valence-electron chi connectivity index (χ3n) is 2.11. The molecule has 2 amide bonds. The predicted molar refractivity (Wildman–Crippen MR) is 51.1 cm³/mol. The number of carbonyl (C=O) groups excluding carboxylic acids is 2. The van der Waals surface area contributed by atoms with Gasteiger partial charge in [0.1, 0.15) is 6.61 Å². The molecule has 1 N–H and O–H groups in total. The molecule has 0 aromatic carbocycles. The van der Waals surface area contributed by atoms with E-state index in [2.05, 4.69) is 10.1 Å². The summed E-state index contributed by atoms with van der Waals surface area (Å²) in [6.45, 7) is -1.25. The lowest BCUT2D eigenvalue weighted by Gasteiger charge is -2.26. The van der Waals surface area contributed by atoms with E-state index in [1.807, 2.05) is 0 Å². The number of nitrogens with zero attached hydrogens (tertiary/aromatic N) is 1. The minimum absolute atomic E-state index is 0.0435. The Labute approximate surface area is 95.9 Å². The maximum Gasteiger partial charge on any atom is 0.411 e. The molecule has 5 nitrogen and oxygen atoms in total. The summed E-state index contributed by atoms with van der Waals surface area (Å²) in [7, 11) is 0. The van der Waals surface area contributed by atoms with Crippen molar-refractivity contribution in [1.29, 1.82) is 0 Å². The van der Waals surface area contributed by atoms with Crippen LogP contribution in [0, 0.1) is 0 Å². The highest BCUT2D eigenvalue weighted by atomic mass is 19.4. The van der Waals surface area contributed by atoms with Crippen LogP contribution in [0.25, 0.3) is 0 Å². The number of hydrogen-bond acceptors (Lipinski definition) is 3. The molecule has 1 aliphatic rings. The predicted octanol–water partition coefficient (Wildman–Crippen LogP) is -0.0862. The smallest absolute Gasteiger partial charge is 0.372 e. The fraction of sp³-hybridized carbons (Fsp3) is 0.778. The van der Waals surface area contributed by atoms with Crippen LogP contribution in [-0.4, -0.2) is 55.7 Å². The van der Waals surface area contributed by atoms with Gasteiger partial charge < -0.3 is 15.0 Å². The van der Waals surface area contributed by atoms with Crippen LogP contribution < -0.4 is 5.32 Å². The Morgan fingerprint density at radius 2 is 2.06 bits per heavy atom. The van der Waals surface area contributed by atoms with Crippen LogP contribution in [0.1, 0.15) is 6.42 Å². The van der Waals surface area contributed by atoms with Gasteiger partial charge >= 0.3 is 6.18 Å². The van der Waals surface area contributed by atoms with E-state index in [1.165, 1.54) is 4.90 Å². The molecule has 0 aromatic rings. The third-order valence-corrected chi connectivity index (χ3v) is 2.11.